The fourth-order valence-electron chi connectivity index (χ4n) is 1.93. The highest BCUT2D eigenvalue weighted by molar-refractivity contribution is 5.70. The minimum atomic E-state index is -0.197. The molecular formula is C15H26N4O2. The summed E-state index contributed by atoms with van der Waals surface area (Å²) in [6.07, 6.45) is 2.17. The Labute approximate surface area is 126 Å². The summed E-state index contributed by atoms with van der Waals surface area (Å²) in [5.74, 6) is 2.26. The van der Waals surface area contributed by atoms with Crippen molar-refractivity contribution in [3.63, 3.8) is 0 Å². The molecule has 0 aromatic carbocycles. The predicted octanol–water partition coefficient (Wildman–Crippen LogP) is 2.53. The normalized spacial score (nSPS) is 10.3. The largest absolute Gasteiger partial charge is 0.466 e. The maximum atomic E-state index is 11.3. The van der Waals surface area contributed by atoms with Gasteiger partial charge in [-0.25, -0.2) is 9.97 Å². The van der Waals surface area contributed by atoms with Crippen LogP contribution in [0.1, 0.15) is 45.0 Å². The van der Waals surface area contributed by atoms with Gasteiger partial charge >= 0.3 is 5.97 Å². The molecule has 0 atom stereocenters. The van der Waals surface area contributed by atoms with E-state index in [2.05, 4.69) is 27.5 Å². The second kappa shape index (κ2) is 9.15. The summed E-state index contributed by atoms with van der Waals surface area (Å²) in [6.45, 7) is 9.65. The summed E-state index contributed by atoms with van der Waals surface area (Å²) < 4.78 is 4.91. The van der Waals surface area contributed by atoms with Crippen molar-refractivity contribution in [3.05, 3.63) is 11.4 Å². The average molecular weight is 294 g/mol. The Morgan fingerprint density at radius 2 is 1.81 bits per heavy atom. The summed E-state index contributed by atoms with van der Waals surface area (Å²) in [6, 6.07) is 0. The average Bonchev–Trinajstić information content (AvgIpc) is 2.44. The number of nitrogens with zero attached hydrogens (tertiary/aromatic N) is 2. The highest BCUT2D eigenvalue weighted by Crippen LogP contribution is 2.20. The number of anilines is 2. The fourth-order valence-corrected chi connectivity index (χ4v) is 1.93. The molecule has 0 aliphatic heterocycles. The Balaban J connectivity index is 2.76. The topological polar surface area (TPSA) is 76.1 Å². The van der Waals surface area contributed by atoms with E-state index in [4.69, 9.17) is 4.74 Å². The summed E-state index contributed by atoms with van der Waals surface area (Å²) in [5.41, 5.74) is 0.973. The molecule has 1 rings (SSSR count). The number of carbonyl (C=O) groups excluding carboxylic acids is 1. The third-order valence-electron chi connectivity index (χ3n) is 2.94. The van der Waals surface area contributed by atoms with E-state index < -0.39 is 0 Å². The van der Waals surface area contributed by atoms with Crippen molar-refractivity contribution in [2.24, 2.45) is 0 Å². The van der Waals surface area contributed by atoms with Crippen LogP contribution in [0.2, 0.25) is 0 Å². The van der Waals surface area contributed by atoms with E-state index in [0.717, 1.165) is 42.4 Å². The van der Waals surface area contributed by atoms with Gasteiger partial charge in [-0.15, -0.1) is 0 Å². The van der Waals surface area contributed by atoms with Gasteiger partial charge in [-0.2, -0.15) is 0 Å². The Morgan fingerprint density at radius 3 is 2.38 bits per heavy atom. The molecule has 0 unspecified atom stereocenters. The van der Waals surface area contributed by atoms with Gasteiger partial charge in [0.15, 0.2) is 0 Å². The first kappa shape index (κ1) is 17.2. The van der Waals surface area contributed by atoms with Gasteiger partial charge in [-0.1, -0.05) is 6.92 Å². The number of rotatable bonds is 9. The highest BCUT2D eigenvalue weighted by Gasteiger charge is 2.10. The zero-order valence-corrected chi connectivity index (χ0v) is 13.5. The van der Waals surface area contributed by atoms with E-state index >= 15 is 0 Å². The Bertz CT molecular complexity index is 463. The number of esters is 1. The summed E-state index contributed by atoms with van der Waals surface area (Å²) in [5, 5.41) is 6.46. The molecule has 0 spiro atoms. The van der Waals surface area contributed by atoms with E-state index in [0.29, 0.717) is 19.6 Å². The minimum absolute atomic E-state index is 0.197. The Kier molecular flexibility index (Phi) is 7.50. The molecular weight excluding hydrogens is 268 g/mol. The molecule has 0 saturated heterocycles. The van der Waals surface area contributed by atoms with Crippen LogP contribution in [-0.4, -0.2) is 35.6 Å². The minimum Gasteiger partial charge on any atom is -0.466 e. The quantitative estimate of drug-likeness (QED) is 0.682. The van der Waals surface area contributed by atoms with Crippen molar-refractivity contribution in [1.82, 2.24) is 9.97 Å². The predicted molar refractivity (Wildman–Crippen MR) is 84.7 cm³/mol. The van der Waals surface area contributed by atoms with Crippen LogP contribution in [0, 0.1) is 6.92 Å². The summed E-state index contributed by atoms with van der Waals surface area (Å²) in [4.78, 5) is 20.4. The third-order valence-corrected chi connectivity index (χ3v) is 2.94. The molecule has 0 bridgehead atoms. The van der Waals surface area contributed by atoms with E-state index in [1.165, 1.54) is 0 Å². The van der Waals surface area contributed by atoms with Crippen LogP contribution in [0.25, 0.3) is 0 Å². The second-order valence-corrected chi connectivity index (χ2v) is 4.72. The van der Waals surface area contributed by atoms with E-state index in [-0.39, 0.29) is 5.97 Å². The van der Waals surface area contributed by atoms with Crippen LogP contribution in [0.4, 0.5) is 11.6 Å². The molecule has 1 aromatic heterocycles. The molecule has 21 heavy (non-hydrogen) atoms. The number of nitrogens with one attached hydrogen (secondary N) is 2. The number of aryl methyl sites for hydroxylation is 1. The molecule has 0 radical (unpaired) electrons. The molecule has 118 valence electrons. The lowest BCUT2D eigenvalue weighted by Crippen LogP contribution is -2.15. The summed E-state index contributed by atoms with van der Waals surface area (Å²) >= 11 is 0. The van der Waals surface area contributed by atoms with Crippen molar-refractivity contribution in [1.29, 1.82) is 0 Å². The monoisotopic (exact) mass is 294 g/mol. The lowest BCUT2D eigenvalue weighted by atomic mass is 10.2. The van der Waals surface area contributed by atoms with Crippen LogP contribution in [0.5, 0.6) is 0 Å². The Morgan fingerprint density at radius 1 is 1.14 bits per heavy atom. The van der Waals surface area contributed by atoms with E-state index in [9.17, 15) is 4.79 Å². The van der Waals surface area contributed by atoms with Crippen LogP contribution in [0.3, 0.4) is 0 Å². The number of aromatic nitrogens is 2. The fraction of sp³-hybridized carbons (Fsp3) is 0.667. The van der Waals surface area contributed by atoms with Gasteiger partial charge in [0, 0.05) is 25.1 Å². The molecule has 0 saturated carbocycles. The lowest BCUT2D eigenvalue weighted by molar-refractivity contribution is -0.142. The van der Waals surface area contributed by atoms with Gasteiger partial charge in [-0.3, -0.25) is 4.79 Å². The van der Waals surface area contributed by atoms with Crippen molar-refractivity contribution in [3.8, 4) is 0 Å². The standard InChI is InChI=1S/C15H26N4O2/c1-5-8-12-18-14(16-6-2)11(4)15(19-12)17-10-9-13(20)21-7-3/h5-10H2,1-4H3,(H2,16,17,18,19). The first-order valence-corrected chi connectivity index (χ1v) is 7.63. The smallest absolute Gasteiger partial charge is 0.307 e. The molecule has 0 aliphatic carbocycles. The van der Waals surface area contributed by atoms with E-state index in [1.807, 2.05) is 13.8 Å². The Hall–Kier alpha value is -1.85. The van der Waals surface area contributed by atoms with Gasteiger partial charge in [0.1, 0.15) is 17.5 Å². The van der Waals surface area contributed by atoms with Crippen molar-refractivity contribution >= 4 is 17.6 Å². The number of hydrogen-bond acceptors (Lipinski definition) is 6. The van der Waals surface area contributed by atoms with Gasteiger partial charge in [-0.05, 0) is 27.2 Å². The molecule has 0 aliphatic rings. The SMILES string of the molecule is CCCc1nc(NCC)c(C)c(NCCC(=O)OCC)n1. The first-order chi connectivity index (χ1) is 10.1. The molecule has 2 N–H and O–H groups in total. The van der Waals surface area contributed by atoms with Crippen LogP contribution < -0.4 is 10.6 Å². The van der Waals surface area contributed by atoms with Gasteiger partial charge in [0.05, 0.1) is 13.0 Å². The van der Waals surface area contributed by atoms with Gasteiger partial charge < -0.3 is 15.4 Å². The first-order valence-electron chi connectivity index (χ1n) is 7.63. The van der Waals surface area contributed by atoms with Crippen LogP contribution in [-0.2, 0) is 16.0 Å². The van der Waals surface area contributed by atoms with Crippen LogP contribution >= 0.6 is 0 Å². The maximum absolute atomic E-state index is 11.3. The van der Waals surface area contributed by atoms with Crippen molar-refractivity contribution in [2.75, 3.05) is 30.3 Å². The summed E-state index contributed by atoms with van der Waals surface area (Å²) in [7, 11) is 0. The van der Waals surface area contributed by atoms with Gasteiger partial charge in [0.25, 0.3) is 0 Å². The van der Waals surface area contributed by atoms with E-state index in [1.54, 1.807) is 6.92 Å². The van der Waals surface area contributed by atoms with Crippen molar-refractivity contribution in [2.45, 2.75) is 47.0 Å². The second-order valence-electron chi connectivity index (χ2n) is 4.72. The van der Waals surface area contributed by atoms with Gasteiger partial charge in [0.2, 0.25) is 0 Å². The molecule has 0 fully saturated rings. The zero-order valence-electron chi connectivity index (χ0n) is 13.5. The highest BCUT2D eigenvalue weighted by atomic mass is 16.5. The third kappa shape index (κ3) is 5.57. The molecule has 0 amide bonds. The molecule has 1 heterocycles. The molecule has 6 nitrogen and oxygen atoms in total. The lowest BCUT2D eigenvalue weighted by Gasteiger charge is -2.14. The maximum Gasteiger partial charge on any atom is 0.307 e. The molecule has 6 heteroatoms. The molecule has 1 aromatic rings. The van der Waals surface area contributed by atoms with Crippen molar-refractivity contribution < 1.29 is 9.53 Å². The number of ether oxygens (including phenoxy) is 1. The number of hydrogen-bond donors (Lipinski definition) is 2. The number of carbonyl (C=O) groups is 1. The van der Waals surface area contributed by atoms with Crippen LogP contribution in [0.15, 0.2) is 0 Å². The zero-order chi connectivity index (χ0) is 15.7.